The topological polar surface area (TPSA) is 86.1 Å². The van der Waals surface area contributed by atoms with Gasteiger partial charge in [0.05, 0.1) is 11.3 Å². The summed E-state index contributed by atoms with van der Waals surface area (Å²) < 4.78 is 19.4. The molecule has 4 rings (SSSR count). The molecule has 0 amide bonds. The number of aromatic nitrogens is 1. The zero-order valence-corrected chi connectivity index (χ0v) is 14.8. The summed E-state index contributed by atoms with van der Waals surface area (Å²) in [5.74, 6) is -0.661. The van der Waals surface area contributed by atoms with Crippen molar-refractivity contribution in [3.63, 3.8) is 0 Å². The van der Waals surface area contributed by atoms with Gasteiger partial charge in [0.2, 0.25) is 0 Å². The maximum atomic E-state index is 13.4. The number of fused-ring (bicyclic) bond motifs is 1. The summed E-state index contributed by atoms with van der Waals surface area (Å²) in [4.78, 5) is 5.56. The van der Waals surface area contributed by atoms with E-state index in [0.717, 1.165) is 12.2 Å². The largest absolute Gasteiger partial charge is 0.504 e. The van der Waals surface area contributed by atoms with Crippen LogP contribution >= 0.6 is 0 Å². The van der Waals surface area contributed by atoms with Gasteiger partial charge in [-0.25, -0.2) is 4.98 Å². The molecule has 1 aromatic carbocycles. The Kier molecular flexibility index (Phi) is 4.75. The first kappa shape index (κ1) is 18.2. The molecule has 2 fully saturated rings. The summed E-state index contributed by atoms with van der Waals surface area (Å²) in [5.41, 5.74) is -0.674. The van der Waals surface area contributed by atoms with Crippen LogP contribution in [-0.4, -0.2) is 56.5 Å². The Bertz CT molecular complexity index is 806. The Balaban J connectivity index is 1.35. The highest BCUT2D eigenvalue weighted by Crippen LogP contribution is 2.43. The summed E-state index contributed by atoms with van der Waals surface area (Å²) in [6, 6.07) is 12.2. The van der Waals surface area contributed by atoms with Crippen LogP contribution in [0.1, 0.15) is 24.6 Å². The summed E-state index contributed by atoms with van der Waals surface area (Å²) in [5, 5.41) is 30.5. The lowest BCUT2D eigenvalue weighted by Gasteiger charge is -2.24. The van der Waals surface area contributed by atoms with Gasteiger partial charge in [-0.3, -0.25) is 4.90 Å². The minimum Gasteiger partial charge on any atom is -0.504 e. The van der Waals surface area contributed by atoms with Crippen molar-refractivity contribution in [3.8, 4) is 11.5 Å². The van der Waals surface area contributed by atoms with Gasteiger partial charge in [-0.15, -0.1) is 0 Å². The first-order valence-corrected chi connectivity index (χ1v) is 9.13. The lowest BCUT2D eigenvalue weighted by Crippen LogP contribution is -2.36. The van der Waals surface area contributed by atoms with Crippen LogP contribution in [-0.2, 0) is 0 Å². The zero-order valence-electron chi connectivity index (χ0n) is 14.8. The van der Waals surface area contributed by atoms with Crippen LogP contribution in [0.2, 0.25) is 0 Å². The van der Waals surface area contributed by atoms with E-state index >= 15 is 0 Å². The molecule has 0 bridgehead atoms. The third kappa shape index (κ3) is 3.76. The fraction of sp³-hybridized carbons (Fsp3) is 0.450. The summed E-state index contributed by atoms with van der Waals surface area (Å²) >= 11 is 0. The van der Waals surface area contributed by atoms with Crippen LogP contribution in [0.3, 0.4) is 0 Å². The van der Waals surface area contributed by atoms with Crippen molar-refractivity contribution < 1.29 is 24.4 Å². The maximum Gasteiger partial charge on any atom is 0.255 e. The molecule has 27 heavy (non-hydrogen) atoms. The zero-order chi connectivity index (χ0) is 19.0. The third-order valence-corrected chi connectivity index (χ3v) is 5.53. The van der Waals surface area contributed by atoms with Crippen molar-refractivity contribution in [2.45, 2.75) is 30.7 Å². The van der Waals surface area contributed by atoms with E-state index in [2.05, 4.69) is 4.98 Å². The molecule has 7 heteroatoms. The van der Waals surface area contributed by atoms with E-state index in [1.807, 2.05) is 35.2 Å². The molecule has 1 saturated carbocycles. The number of aliphatic hydroxyl groups excluding tert-OH is 1. The normalized spacial score (nSPS) is 28.9. The Morgan fingerprint density at radius 3 is 2.74 bits per heavy atom. The predicted octanol–water partition coefficient (Wildman–Crippen LogP) is 1.86. The van der Waals surface area contributed by atoms with Gasteiger partial charge in [0.15, 0.2) is 5.75 Å². The molecule has 1 saturated heterocycles. The number of aromatic hydroxyl groups is 1. The second kappa shape index (κ2) is 7.07. The van der Waals surface area contributed by atoms with Crippen molar-refractivity contribution in [2.24, 2.45) is 5.92 Å². The molecule has 0 spiro atoms. The third-order valence-electron chi connectivity index (χ3n) is 5.53. The number of benzene rings is 1. The molecule has 1 aliphatic carbocycles. The molecule has 0 radical (unpaired) electrons. The van der Waals surface area contributed by atoms with E-state index in [9.17, 15) is 19.7 Å². The molecule has 6 nitrogen and oxygen atoms in total. The van der Waals surface area contributed by atoms with E-state index in [-0.39, 0.29) is 24.3 Å². The lowest BCUT2D eigenvalue weighted by molar-refractivity contribution is 0.0176. The highest BCUT2D eigenvalue weighted by molar-refractivity contribution is 5.23. The molecular weight excluding hydrogens is 351 g/mol. The molecule has 2 heterocycles. The van der Waals surface area contributed by atoms with Crippen molar-refractivity contribution in [2.75, 3.05) is 19.6 Å². The van der Waals surface area contributed by atoms with Crippen LogP contribution in [0.5, 0.6) is 11.5 Å². The minimum absolute atomic E-state index is 0.0256. The Hall–Kier alpha value is -2.22. The Morgan fingerprint density at radius 2 is 2.04 bits per heavy atom. The van der Waals surface area contributed by atoms with Crippen molar-refractivity contribution in [1.29, 1.82) is 0 Å². The van der Waals surface area contributed by atoms with Gasteiger partial charge >= 0.3 is 0 Å². The smallest absolute Gasteiger partial charge is 0.255 e. The average molecular weight is 374 g/mol. The van der Waals surface area contributed by atoms with Gasteiger partial charge in [0.1, 0.15) is 18.0 Å². The maximum absolute atomic E-state index is 13.4. The number of β-amino-alcohol motifs (C(OH)–C–C–N with tert-alkyl or cyclic N) is 2. The number of hydrogen-bond donors (Lipinski definition) is 3. The summed E-state index contributed by atoms with van der Waals surface area (Å²) in [6.07, 6.45) is 0.288. The second-order valence-corrected chi connectivity index (χ2v) is 7.55. The SMILES string of the molecule is Oc1ccc([C@@H](O)CN2C[C@H]3C[C@H](Oc4ccccc4)C[C@@]3(O)C2)nc1F. The van der Waals surface area contributed by atoms with E-state index in [1.54, 1.807) is 0 Å². The van der Waals surface area contributed by atoms with Gasteiger partial charge in [0.25, 0.3) is 5.95 Å². The number of hydrogen-bond acceptors (Lipinski definition) is 6. The van der Waals surface area contributed by atoms with Gasteiger partial charge < -0.3 is 20.1 Å². The number of likely N-dealkylation sites (tertiary alicyclic amines) is 1. The Morgan fingerprint density at radius 1 is 1.26 bits per heavy atom. The van der Waals surface area contributed by atoms with Crippen molar-refractivity contribution in [3.05, 3.63) is 54.1 Å². The molecule has 144 valence electrons. The van der Waals surface area contributed by atoms with Crippen LogP contribution < -0.4 is 4.74 Å². The quantitative estimate of drug-likeness (QED) is 0.693. The first-order chi connectivity index (χ1) is 12.9. The number of aliphatic hydroxyl groups is 2. The molecule has 3 N–H and O–H groups in total. The fourth-order valence-corrected chi connectivity index (χ4v) is 4.27. The van der Waals surface area contributed by atoms with Gasteiger partial charge in [-0.05, 0) is 30.7 Å². The van der Waals surface area contributed by atoms with Crippen molar-refractivity contribution in [1.82, 2.24) is 9.88 Å². The van der Waals surface area contributed by atoms with E-state index < -0.39 is 23.4 Å². The van der Waals surface area contributed by atoms with Gasteiger partial charge in [-0.1, -0.05) is 18.2 Å². The lowest BCUT2D eigenvalue weighted by atomic mass is 9.95. The molecule has 2 aliphatic rings. The number of ether oxygens (including phenoxy) is 1. The molecule has 2 aromatic rings. The van der Waals surface area contributed by atoms with Crippen LogP contribution in [0.15, 0.2) is 42.5 Å². The molecular formula is C20H23FN2O4. The summed E-state index contributed by atoms with van der Waals surface area (Å²) in [7, 11) is 0. The average Bonchev–Trinajstić information content (AvgIpc) is 3.08. The van der Waals surface area contributed by atoms with Crippen LogP contribution in [0, 0.1) is 11.9 Å². The summed E-state index contributed by atoms with van der Waals surface area (Å²) in [6.45, 7) is 1.33. The van der Waals surface area contributed by atoms with Gasteiger partial charge in [-0.2, -0.15) is 4.39 Å². The Labute approximate surface area is 156 Å². The minimum atomic E-state index is -0.996. The first-order valence-electron chi connectivity index (χ1n) is 9.13. The fourth-order valence-electron chi connectivity index (χ4n) is 4.27. The van der Waals surface area contributed by atoms with Crippen molar-refractivity contribution >= 4 is 0 Å². The molecule has 4 atom stereocenters. The van der Waals surface area contributed by atoms with Crippen LogP contribution in [0.25, 0.3) is 0 Å². The van der Waals surface area contributed by atoms with E-state index in [4.69, 9.17) is 4.74 Å². The number of para-hydroxylation sites is 1. The second-order valence-electron chi connectivity index (χ2n) is 7.55. The van der Waals surface area contributed by atoms with E-state index in [0.29, 0.717) is 19.5 Å². The highest BCUT2D eigenvalue weighted by atomic mass is 19.1. The number of nitrogens with zero attached hydrogens (tertiary/aromatic N) is 2. The molecule has 1 aliphatic heterocycles. The van der Waals surface area contributed by atoms with E-state index in [1.165, 1.54) is 12.1 Å². The van der Waals surface area contributed by atoms with Gasteiger partial charge in [0, 0.05) is 32.0 Å². The molecule has 1 aromatic heterocycles. The predicted molar refractivity (Wildman–Crippen MR) is 95.8 cm³/mol. The standard InChI is InChI=1S/C20H23FN2O4/c21-19-17(24)7-6-16(22-19)18(25)11-23-10-13-8-15(9-20(13,26)12-23)27-14-4-2-1-3-5-14/h1-7,13,15,18,24-26H,8-12H2/t13-,15+,18+,20-/m1/s1. The monoisotopic (exact) mass is 374 g/mol. The number of halogens is 1. The number of rotatable bonds is 5. The van der Waals surface area contributed by atoms with Crippen LogP contribution in [0.4, 0.5) is 4.39 Å². The molecule has 0 unspecified atom stereocenters. The highest BCUT2D eigenvalue weighted by Gasteiger charge is 2.52. The number of pyridine rings is 1.